The van der Waals surface area contributed by atoms with Gasteiger partial charge in [0.25, 0.3) is 0 Å². The summed E-state index contributed by atoms with van der Waals surface area (Å²) in [5, 5.41) is 1.72. The summed E-state index contributed by atoms with van der Waals surface area (Å²) in [6, 6.07) is 25.1. The first-order chi connectivity index (χ1) is 14.1. The van der Waals surface area contributed by atoms with E-state index in [4.69, 9.17) is 10.2 Å². The molecule has 0 fully saturated rings. The number of hydrogen-bond donors (Lipinski definition) is 1. The zero-order valence-corrected chi connectivity index (χ0v) is 17.5. The molecule has 0 aliphatic heterocycles. The second-order valence-electron chi connectivity index (χ2n) is 6.87. The summed E-state index contributed by atoms with van der Waals surface area (Å²) in [5.74, 6) is 0.344. The predicted octanol–water partition coefficient (Wildman–Crippen LogP) is 5.61. The van der Waals surface area contributed by atoms with Gasteiger partial charge in [0.15, 0.2) is 0 Å². The van der Waals surface area contributed by atoms with E-state index >= 15 is 0 Å². The summed E-state index contributed by atoms with van der Waals surface area (Å²) < 4.78 is 8.99. The molecule has 2 heterocycles. The van der Waals surface area contributed by atoms with Crippen LogP contribution in [0.3, 0.4) is 0 Å². The van der Waals surface area contributed by atoms with Crippen molar-refractivity contribution in [1.29, 1.82) is 0 Å². The van der Waals surface area contributed by atoms with E-state index in [2.05, 4.69) is 51.4 Å². The highest BCUT2D eigenvalue weighted by Gasteiger charge is 2.18. The lowest BCUT2D eigenvalue weighted by Crippen LogP contribution is -2.11. The van der Waals surface area contributed by atoms with Crippen molar-refractivity contribution in [1.82, 2.24) is 4.57 Å². The highest BCUT2D eigenvalue weighted by molar-refractivity contribution is 14.1. The van der Waals surface area contributed by atoms with Crippen LogP contribution in [0.4, 0.5) is 0 Å². The maximum absolute atomic E-state index is 12.1. The summed E-state index contributed by atoms with van der Waals surface area (Å²) in [4.78, 5) is 12.1. The van der Waals surface area contributed by atoms with E-state index in [1.807, 2.05) is 42.5 Å². The van der Waals surface area contributed by atoms with Gasteiger partial charge in [0.05, 0.1) is 17.3 Å². The van der Waals surface area contributed by atoms with E-state index in [1.165, 1.54) is 9.13 Å². The Labute approximate surface area is 181 Å². The number of fused-ring (bicyclic) bond motifs is 3. The van der Waals surface area contributed by atoms with Crippen LogP contribution in [0.1, 0.15) is 15.9 Å². The van der Waals surface area contributed by atoms with Gasteiger partial charge in [0.1, 0.15) is 5.76 Å². The molecule has 0 saturated heterocycles. The normalized spacial score (nSPS) is 11.3. The van der Waals surface area contributed by atoms with Crippen LogP contribution < -0.4 is 5.73 Å². The Morgan fingerprint density at radius 3 is 2.69 bits per heavy atom. The molecule has 2 aromatic heterocycles. The maximum Gasteiger partial charge on any atom is 0.249 e. The number of carbonyl (C=O) groups excluding carboxylic acids is 1. The fourth-order valence-corrected chi connectivity index (χ4v) is 4.37. The summed E-state index contributed by atoms with van der Waals surface area (Å²) >= 11 is 2.36. The number of nitrogens with two attached hydrogens (primary N) is 1. The summed E-state index contributed by atoms with van der Waals surface area (Å²) in [6.45, 7) is 0.677. The monoisotopic (exact) mass is 491 g/mol. The number of primary amides is 1. The van der Waals surface area contributed by atoms with Crippen molar-refractivity contribution in [3.63, 3.8) is 0 Å². The van der Waals surface area contributed by atoms with Crippen LogP contribution in [-0.2, 0) is 6.54 Å². The molecule has 5 heteroatoms. The number of aromatic nitrogens is 1. The predicted molar refractivity (Wildman–Crippen MR) is 123 cm³/mol. The molecule has 0 spiro atoms. The zero-order valence-electron chi connectivity index (χ0n) is 15.4. The van der Waals surface area contributed by atoms with Gasteiger partial charge in [-0.05, 0) is 76.7 Å². The lowest BCUT2D eigenvalue weighted by molar-refractivity contribution is 0.100. The van der Waals surface area contributed by atoms with Crippen molar-refractivity contribution >= 4 is 50.3 Å². The van der Waals surface area contributed by atoms with Gasteiger partial charge < -0.3 is 14.7 Å². The fraction of sp³-hybridized carbons (Fsp3) is 0.0417. The standard InChI is InChI=1S/C24H16IN2O2/c25-19-7-2-1-5-16(19)14-27-20-8-3-6-18(24(26)28)23(20)17-11-10-15(13-21(17)27)22-9-4-12-29-22/h1-10,12-13H,14H2,(H2,26,28). The SMILES string of the molecule is NC(=O)c1cccc2c1c1[c]cc(-c3ccco3)cc1n2Cc1ccccc1I. The Balaban J connectivity index is 1.84. The van der Waals surface area contributed by atoms with E-state index in [9.17, 15) is 4.79 Å². The number of amides is 1. The van der Waals surface area contributed by atoms with Gasteiger partial charge in [-0.2, -0.15) is 0 Å². The number of carbonyl (C=O) groups is 1. The minimum atomic E-state index is -0.438. The van der Waals surface area contributed by atoms with E-state index < -0.39 is 5.91 Å². The fourth-order valence-electron chi connectivity index (χ4n) is 3.81. The van der Waals surface area contributed by atoms with Gasteiger partial charge in [-0.3, -0.25) is 4.79 Å². The molecule has 0 saturated carbocycles. The van der Waals surface area contributed by atoms with Crippen LogP contribution in [-0.4, -0.2) is 10.5 Å². The largest absolute Gasteiger partial charge is 0.464 e. The van der Waals surface area contributed by atoms with Gasteiger partial charge in [-0.25, -0.2) is 0 Å². The smallest absolute Gasteiger partial charge is 0.249 e. The molecule has 4 nitrogen and oxygen atoms in total. The Bertz CT molecular complexity index is 1370. The molecule has 141 valence electrons. The second-order valence-corrected chi connectivity index (χ2v) is 8.03. The Hall–Kier alpha value is -3.06. The molecular weight excluding hydrogens is 475 g/mol. The van der Waals surface area contributed by atoms with Crippen LogP contribution in [0.2, 0.25) is 0 Å². The molecule has 29 heavy (non-hydrogen) atoms. The minimum Gasteiger partial charge on any atom is -0.464 e. The molecule has 0 aliphatic carbocycles. The molecule has 0 unspecified atom stereocenters. The molecule has 1 radical (unpaired) electrons. The van der Waals surface area contributed by atoms with Crippen molar-refractivity contribution in [2.75, 3.05) is 0 Å². The quantitative estimate of drug-likeness (QED) is 0.333. The zero-order chi connectivity index (χ0) is 20.0. The molecule has 3 aromatic carbocycles. The molecule has 5 rings (SSSR count). The summed E-state index contributed by atoms with van der Waals surface area (Å²) in [5.41, 5.74) is 10.3. The summed E-state index contributed by atoms with van der Waals surface area (Å²) in [7, 11) is 0. The van der Waals surface area contributed by atoms with E-state index in [-0.39, 0.29) is 0 Å². The minimum absolute atomic E-state index is 0.438. The van der Waals surface area contributed by atoms with Crippen LogP contribution in [0.5, 0.6) is 0 Å². The number of halogens is 1. The van der Waals surface area contributed by atoms with Gasteiger partial charge in [-0.15, -0.1) is 0 Å². The highest BCUT2D eigenvalue weighted by atomic mass is 127. The molecule has 1 amide bonds. The third-order valence-electron chi connectivity index (χ3n) is 5.15. The molecular formula is C24H16IN2O2. The van der Waals surface area contributed by atoms with Crippen LogP contribution in [0.25, 0.3) is 33.1 Å². The van der Waals surface area contributed by atoms with Crippen molar-refractivity contribution in [3.8, 4) is 11.3 Å². The molecule has 0 aliphatic rings. The number of furan rings is 1. The van der Waals surface area contributed by atoms with Gasteiger partial charge >= 0.3 is 0 Å². The Kier molecular flexibility index (Phi) is 4.39. The van der Waals surface area contributed by atoms with Crippen molar-refractivity contribution in [3.05, 3.63) is 93.8 Å². The second kappa shape index (κ2) is 7.08. The average Bonchev–Trinajstić information content (AvgIpc) is 3.36. The molecule has 0 bridgehead atoms. The number of nitrogens with zero attached hydrogens (tertiary/aromatic N) is 1. The van der Waals surface area contributed by atoms with Crippen molar-refractivity contribution < 1.29 is 9.21 Å². The maximum atomic E-state index is 12.1. The highest BCUT2D eigenvalue weighted by Crippen LogP contribution is 2.35. The van der Waals surface area contributed by atoms with Crippen LogP contribution >= 0.6 is 22.6 Å². The van der Waals surface area contributed by atoms with E-state index in [0.29, 0.717) is 12.1 Å². The third kappa shape index (κ3) is 3.02. The first-order valence-corrected chi connectivity index (χ1v) is 10.2. The van der Waals surface area contributed by atoms with Gasteiger partial charge in [-0.1, -0.05) is 24.3 Å². The first kappa shape index (κ1) is 18.0. The van der Waals surface area contributed by atoms with Crippen molar-refractivity contribution in [2.24, 2.45) is 5.73 Å². The van der Waals surface area contributed by atoms with Crippen molar-refractivity contribution in [2.45, 2.75) is 6.54 Å². The number of rotatable bonds is 4. The first-order valence-electron chi connectivity index (χ1n) is 9.17. The van der Waals surface area contributed by atoms with E-state index in [0.717, 1.165) is 33.1 Å². The average molecular weight is 491 g/mol. The number of benzene rings is 3. The topological polar surface area (TPSA) is 61.2 Å². The molecule has 2 N–H and O–H groups in total. The Morgan fingerprint density at radius 1 is 1.07 bits per heavy atom. The van der Waals surface area contributed by atoms with Gasteiger partial charge in [0, 0.05) is 32.0 Å². The van der Waals surface area contributed by atoms with E-state index in [1.54, 1.807) is 12.3 Å². The lowest BCUT2D eigenvalue weighted by atomic mass is 10.0. The van der Waals surface area contributed by atoms with Gasteiger partial charge in [0.2, 0.25) is 5.91 Å². The number of hydrogen-bond acceptors (Lipinski definition) is 2. The lowest BCUT2D eigenvalue weighted by Gasteiger charge is -2.10. The third-order valence-corrected chi connectivity index (χ3v) is 6.20. The van der Waals surface area contributed by atoms with Crippen LogP contribution in [0, 0.1) is 9.64 Å². The molecule has 5 aromatic rings. The summed E-state index contributed by atoms with van der Waals surface area (Å²) in [6.07, 6.45) is 1.66. The molecule has 0 atom stereocenters. The van der Waals surface area contributed by atoms with Crippen LogP contribution in [0.15, 0.2) is 77.4 Å². The Morgan fingerprint density at radius 2 is 1.93 bits per heavy atom.